The molecular weight excluding hydrogens is 252 g/mol. The van der Waals surface area contributed by atoms with E-state index < -0.39 is 0 Å². The van der Waals surface area contributed by atoms with Crippen LogP contribution in [-0.4, -0.2) is 4.98 Å². The second-order valence-corrected chi connectivity index (χ2v) is 5.71. The molecule has 0 amide bonds. The summed E-state index contributed by atoms with van der Waals surface area (Å²) in [7, 11) is 0. The number of aryl methyl sites for hydroxylation is 1. The van der Waals surface area contributed by atoms with Gasteiger partial charge in [0.25, 0.3) is 0 Å². The van der Waals surface area contributed by atoms with Crippen molar-refractivity contribution in [3.8, 4) is 0 Å². The third-order valence-corrected chi connectivity index (χ3v) is 3.94. The van der Waals surface area contributed by atoms with Crippen LogP contribution in [0.1, 0.15) is 16.3 Å². The molecule has 96 valence electrons. The third-order valence-electron chi connectivity index (χ3n) is 3.12. The van der Waals surface area contributed by atoms with Gasteiger partial charge in [0, 0.05) is 18.5 Å². The molecule has 0 unspecified atom stereocenters. The highest BCUT2D eigenvalue weighted by atomic mass is 32.1. The van der Waals surface area contributed by atoms with E-state index in [1.54, 1.807) is 11.3 Å². The maximum Gasteiger partial charge on any atom is 0.0897 e. The Kier molecular flexibility index (Phi) is 3.58. The third kappa shape index (κ3) is 3.00. The van der Waals surface area contributed by atoms with Crippen LogP contribution in [0.15, 0.2) is 47.8 Å². The van der Waals surface area contributed by atoms with E-state index in [0.29, 0.717) is 0 Å². The van der Waals surface area contributed by atoms with Gasteiger partial charge in [-0.25, -0.2) is 4.98 Å². The Bertz CT molecular complexity index is 688. The van der Waals surface area contributed by atoms with E-state index in [1.165, 1.54) is 16.3 Å². The molecule has 0 aliphatic heterocycles. The molecule has 1 aromatic heterocycles. The Morgan fingerprint density at radius 1 is 1.05 bits per heavy atom. The lowest BCUT2D eigenvalue weighted by Crippen LogP contribution is -2.12. The fourth-order valence-corrected chi connectivity index (χ4v) is 2.79. The molecule has 0 atom stereocenters. The van der Waals surface area contributed by atoms with Gasteiger partial charge in [0.2, 0.25) is 0 Å². The molecule has 0 saturated heterocycles. The molecule has 0 radical (unpaired) electrons. The first-order chi connectivity index (χ1) is 9.31. The topological polar surface area (TPSA) is 24.9 Å². The average molecular weight is 268 g/mol. The van der Waals surface area contributed by atoms with Gasteiger partial charge in [0.15, 0.2) is 0 Å². The second kappa shape index (κ2) is 5.51. The summed E-state index contributed by atoms with van der Waals surface area (Å²) in [5.74, 6) is 0. The number of fused-ring (bicyclic) bond motifs is 1. The molecule has 19 heavy (non-hydrogen) atoms. The fraction of sp³-hybridized carbons (Fsp3) is 0.188. The first-order valence-corrected chi connectivity index (χ1v) is 7.28. The standard InChI is InChI=1S/C16H16N2S/c1-12-18-16(11-19-12)10-17-9-13-6-7-14-4-2-3-5-15(14)8-13/h2-8,11,17H,9-10H2,1H3. The van der Waals surface area contributed by atoms with E-state index in [-0.39, 0.29) is 0 Å². The van der Waals surface area contributed by atoms with E-state index >= 15 is 0 Å². The van der Waals surface area contributed by atoms with Crippen molar-refractivity contribution in [1.29, 1.82) is 0 Å². The number of rotatable bonds is 4. The van der Waals surface area contributed by atoms with Crippen molar-refractivity contribution in [1.82, 2.24) is 10.3 Å². The number of nitrogens with one attached hydrogen (secondary N) is 1. The van der Waals surface area contributed by atoms with Gasteiger partial charge < -0.3 is 5.32 Å². The van der Waals surface area contributed by atoms with Crippen molar-refractivity contribution in [2.45, 2.75) is 20.0 Å². The van der Waals surface area contributed by atoms with E-state index in [0.717, 1.165) is 23.8 Å². The van der Waals surface area contributed by atoms with E-state index in [1.807, 2.05) is 6.92 Å². The summed E-state index contributed by atoms with van der Waals surface area (Å²) in [5, 5.41) is 9.27. The molecule has 2 nitrogen and oxygen atoms in total. The minimum absolute atomic E-state index is 0.831. The molecule has 0 fully saturated rings. The Labute approximate surface area is 117 Å². The average Bonchev–Trinajstić information content (AvgIpc) is 2.84. The monoisotopic (exact) mass is 268 g/mol. The van der Waals surface area contributed by atoms with Gasteiger partial charge >= 0.3 is 0 Å². The zero-order valence-electron chi connectivity index (χ0n) is 10.9. The second-order valence-electron chi connectivity index (χ2n) is 4.64. The fourth-order valence-electron chi connectivity index (χ4n) is 2.17. The van der Waals surface area contributed by atoms with Gasteiger partial charge in [-0.15, -0.1) is 11.3 Å². The molecule has 0 aliphatic carbocycles. The number of nitrogens with zero attached hydrogens (tertiary/aromatic N) is 1. The predicted octanol–water partition coefficient (Wildman–Crippen LogP) is 3.89. The summed E-state index contributed by atoms with van der Waals surface area (Å²) in [4.78, 5) is 4.45. The van der Waals surface area contributed by atoms with Crippen molar-refractivity contribution in [3.05, 3.63) is 64.1 Å². The lowest BCUT2D eigenvalue weighted by atomic mass is 10.1. The number of hydrogen-bond acceptors (Lipinski definition) is 3. The zero-order valence-corrected chi connectivity index (χ0v) is 11.7. The van der Waals surface area contributed by atoms with Crippen LogP contribution in [0, 0.1) is 6.92 Å². The highest BCUT2D eigenvalue weighted by Crippen LogP contribution is 2.15. The molecule has 1 N–H and O–H groups in total. The molecule has 2 aromatic carbocycles. The van der Waals surface area contributed by atoms with Crippen molar-refractivity contribution in [3.63, 3.8) is 0 Å². The molecule has 0 aliphatic rings. The van der Waals surface area contributed by atoms with Crippen LogP contribution >= 0.6 is 11.3 Å². The summed E-state index contributed by atoms with van der Waals surface area (Å²) >= 11 is 1.70. The van der Waals surface area contributed by atoms with Crippen LogP contribution in [0.4, 0.5) is 0 Å². The molecule has 1 heterocycles. The van der Waals surface area contributed by atoms with E-state index in [4.69, 9.17) is 0 Å². The van der Waals surface area contributed by atoms with Crippen molar-refractivity contribution in [2.24, 2.45) is 0 Å². The smallest absolute Gasteiger partial charge is 0.0897 e. The summed E-state index contributed by atoms with van der Waals surface area (Å²) in [6, 6.07) is 15.1. The first kappa shape index (κ1) is 12.3. The number of thiazole rings is 1. The van der Waals surface area contributed by atoms with Crippen LogP contribution in [0.3, 0.4) is 0 Å². The van der Waals surface area contributed by atoms with Gasteiger partial charge in [-0.05, 0) is 29.3 Å². The molecule has 0 saturated carbocycles. The normalized spacial score (nSPS) is 11.0. The van der Waals surface area contributed by atoms with Gasteiger partial charge in [-0.3, -0.25) is 0 Å². The summed E-state index contributed by atoms with van der Waals surface area (Å²) < 4.78 is 0. The summed E-state index contributed by atoms with van der Waals surface area (Å²) in [5.41, 5.74) is 2.44. The van der Waals surface area contributed by atoms with Gasteiger partial charge in [0.05, 0.1) is 10.7 Å². The minimum Gasteiger partial charge on any atom is -0.307 e. The Hall–Kier alpha value is -1.71. The maximum absolute atomic E-state index is 4.45. The van der Waals surface area contributed by atoms with E-state index in [2.05, 4.69) is 58.1 Å². The lowest BCUT2D eigenvalue weighted by molar-refractivity contribution is 0.682. The van der Waals surface area contributed by atoms with Gasteiger partial charge in [-0.2, -0.15) is 0 Å². The molecule has 3 heteroatoms. The SMILES string of the molecule is Cc1nc(CNCc2ccc3ccccc3c2)cs1. The highest BCUT2D eigenvalue weighted by molar-refractivity contribution is 7.09. The predicted molar refractivity (Wildman–Crippen MR) is 81.3 cm³/mol. The highest BCUT2D eigenvalue weighted by Gasteiger charge is 1.99. The van der Waals surface area contributed by atoms with Crippen LogP contribution in [0.25, 0.3) is 10.8 Å². The van der Waals surface area contributed by atoms with Crippen molar-refractivity contribution < 1.29 is 0 Å². The van der Waals surface area contributed by atoms with Crippen LogP contribution in [0.5, 0.6) is 0 Å². The van der Waals surface area contributed by atoms with Gasteiger partial charge in [-0.1, -0.05) is 36.4 Å². The van der Waals surface area contributed by atoms with Crippen LogP contribution in [0.2, 0.25) is 0 Å². The molecule has 0 spiro atoms. The molecule has 3 aromatic rings. The van der Waals surface area contributed by atoms with Gasteiger partial charge in [0.1, 0.15) is 0 Å². The zero-order chi connectivity index (χ0) is 13.1. The molecule has 3 rings (SSSR count). The Balaban J connectivity index is 1.65. The maximum atomic E-state index is 4.45. The number of benzene rings is 2. The first-order valence-electron chi connectivity index (χ1n) is 6.41. The van der Waals surface area contributed by atoms with Crippen molar-refractivity contribution >= 4 is 22.1 Å². The van der Waals surface area contributed by atoms with Crippen LogP contribution < -0.4 is 5.32 Å². The molecular formula is C16H16N2S. The van der Waals surface area contributed by atoms with E-state index in [9.17, 15) is 0 Å². The molecule has 0 bridgehead atoms. The minimum atomic E-state index is 0.831. The summed E-state index contributed by atoms with van der Waals surface area (Å²) in [6.45, 7) is 3.75. The summed E-state index contributed by atoms with van der Waals surface area (Å²) in [6.07, 6.45) is 0. The lowest BCUT2D eigenvalue weighted by Gasteiger charge is -2.05. The largest absolute Gasteiger partial charge is 0.307 e. The van der Waals surface area contributed by atoms with Crippen LogP contribution in [-0.2, 0) is 13.1 Å². The van der Waals surface area contributed by atoms with Crippen molar-refractivity contribution in [2.75, 3.05) is 0 Å². The number of aromatic nitrogens is 1. The Morgan fingerprint density at radius 2 is 1.89 bits per heavy atom. The Morgan fingerprint density at radius 3 is 2.68 bits per heavy atom. The number of hydrogen-bond donors (Lipinski definition) is 1. The quantitative estimate of drug-likeness (QED) is 0.776.